The zero-order valence-electron chi connectivity index (χ0n) is 13.0. The Morgan fingerprint density at radius 3 is 2.48 bits per heavy atom. The number of rotatable bonds is 9. The number of carboxylic acids is 1. The lowest BCUT2D eigenvalue weighted by Gasteiger charge is -2.16. The van der Waals surface area contributed by atoms with E-state index in [1.807, 2.05) is 30.3 Å². The van der Waals surface area contributed by atoms with Gasteiger partial charge in [-0.3, -0.25) is 4.79 Å². The van der Waals surface area contributed by atoms with E-state index in [9.17, 15) is 14.4 Å². The van der Waals surface area contributed by atoms with Crippen LogP contribution in [0.3, 0.4) is 0 Å². The highest BCUT2D eigenvalue weighted by Gasteiger charge is 2.21. The van der Waals surface area contributed by atoms with Gasteiger partial charge in [0.15, 0.2) is 0 Å². The second-order valence-corrected chi connectivity index (χ2v) is 4.92. The van der Waals surface area contributed by atoms with Gasteiger partial charge < -0.3 is 19.9 Å². The summed E-state index contributed by atoms with van der Waals surface area (Å²) in [5.74, 6) is -1.48. The van der Waals surface area contributed by atoms with E-state index in [1.165, 1.54) is 7.11 Å². The molecular weight excluding hydrogens is 302 g/mol. The summed E-state index contributed by atoms with van der Waals surface area (Å²) in [6.07, 6.45) is 0.490. The molecular formula is C16H21NO6. The number of unbranched alkanes of at least 4 members (excludes halogenated alkanes) is 1. The number of carbonyl (C=O) groups excluding carboxylic acids is 2. The number of hydrogen-bond donors (Lipinski definition) is 2. The first-order chi connectivity index (χ1) is 11.0. The van der Waals surface area contributed by atoms with E-state index in [0.29, 0.717) is 19.3 Å². The van der Waals surface area contributed by atoms with Gasteiger partial charge in [0.1, 0.15) is 12.6 Å². The number of esters is 1. The van der Waals surface area contributed by atoms with Crippen LogP contribution in [0, 0.1) is 0 Å². The zero-order chi connectivity index (χ0) is 17.1. The first-order valence-corrected chi connectivity index (χ1v) is 7.29. The number of carbonyl (C=O) groups is 3. The summed E-state index contributed by atoms with van der Waals surface area (Å²) in [6, 6.07) is 8.30. The third-order valence-electron chi connectivity index (χ3n) is 3.12. The minimum Gasteiger partial charge on any atom is -0.481 e. The Bertz CT molecular complexity index is 517. The van der Waals surface area contributed by atoms with Gasteiger partial charge in [0, 0.05) is 6.42 Å². The summed E-state index contributed by atoms with van der Waals surface area (Å²) < 4.78 is 9.67. The van der Waals surface area contributed by atoms with Crippen LogP contribution in [0.25, 0.3) is 0 Å². The molecule has 0 spiro atoms. The van der Waals surface area contributed by atoms with Crippen molar-refractivity contribution >= 4 is 18.0 Å². The molecule has 1 atom stereocenters. The van der Waals surface area contributed by atoms with Crippen LogP contribution in [-0.4, -0.2) is 36.3 Å². The molecule has 1 rings (SSSR count). The average Bonchev–Trinajstić information content (AvgIpc) is 2.55. The SMILES string of the molecule is COC(=O)C(CCCCC(=O)O)NC(=O)OCc1ccccc1. The largest absolute Gasteiger partial charge is 0.481 e. The van der Waals surface area contributed by atoms with Crippen LogP contribution in [0.15, 0.2) is 30.3 Å². The second kappa shape index (κ2) is 10.2. The van der Waals surface area contributed by atoms with Crippen LogP contribution < -0.4 is 5.32 Å². The van der Waals surface area contributed by atoms with Crippen molar-refractivity contribution in [2.75, 3.05) is 7.11 Å². The molecule has 0 saturated carbocycles. The number of ether oxygens (including phenoxy) is 2. The number of benzene rings is 1. The third kappa shape index (κ3) is 7.85. The minimum atomic E-state index is -0.894. The van der Waals surface area contributed by atoms with Crippen LogP contribution in [0.2, 0.25) is 0 Å². The van der Waals surface area contributed by atoms with Gasteiger partial charge in [-0.25, -0.2) is 9.59 Å². The standard InChI is InChI=1S/C16H21NO6/c1-22-15(20)13(9-5-6-10-14(18)19)17-16(21)23-11-12-7-3-2-4-8-12/h2-4,7-8,13H,5-6,9-11H2,1H3,(H,17,21)(H,18,19). The van der Waals surface area contributed by atoms with Gasteiger partial charge in [0.05, 0.1) is 7.11 Å². The molecule has 0 aliphatic carbocycles. The first-order valence-electron chi connectivity index (χ1n) is 7.29. The summed E-state index contributed by atoms with van der Waals surface area (Å²) >= 11 is 0. The Balaban J connectivity index is 2.40. The fourth-order valence-corrected chi connectivity index (χ4v) is 1.92. The molecule has 0 aromatic heterocycles. The molecule has 0 aliphatic rings. The quantitative estimate of drug-likeness (QED) is 0.533. The topological polar surface area (TPSA) is 102 Å². The van der Waals surface area contributed by atoms with E-state index < -0.39 is 24.1 Å². The number of amides is 1. The smallest absolute Gasteiger partial charge is 0.408 e. The van der Waals surface area contributed by atoms with Crippen LogP contribution in [0.5, 0.6) is 0 Å². The lowest BCUT2D eigenvalue weighted by atomic mass is 10.1. The maximum Gasteiger partial charge on any atom is 0.408 e. The normalized spacial score (nSPS) is 11.3. The van der Waals surface area contributed by atoms with Crippen molar-refractivity contribution in [3.05, 3.63) is 35.9 Å². The lowest BCUT2D eigenvalue weighted by molar-refractivity contribution is -0.143. The molecule has 7 nitrogen and oxygen atoms in total. The van der Waals surface area contributed by atoms with Crippen molar-refractivity contribution in [3.8, 4) is 0 Å². The number of nitrogens with one attached hydrogen (secondary N) is 1. The van der Waals surface area contributed by atoms with Crippen molar-refractivity contribution in [2.24, 2.45) is 0 Å². The van der Waals surface area contributed by atoms with E-state index in [-0.39, 0.29) is 13.0 Å². The maximum atomic E-state index is 11.8. The Labute approximate surface area is 134 Å². The molecule has 126 valence electrons. The van der Waals surface area contributed by atoms with E-state index in [2.05, 4.69) is 10.1 Å². The summed E-state index contributed by atoms with van der Waals surface area (Å²) in [5.41, 5.74) is 0.832. The average molecular weight is 323 g/mol. The summed E-state index contributed by atoms with van der Waals surface area (Å²) in [7, 11) is 1.23. The lowest BCUT2D eigenvalue weighted by Crippen LogP contribution is -2.41. The van der Waals surface area contributed by atoms with Gasteiger partial charge in [-0.1, -0.05) is 36.8 Å². The molecule has 2 N–H and O–H groups in total. The van der Waals surface area contributed by atoms with Gasteiger partial charge in [-0.2, -0.15) is 0 Å². The van der Waals surface area contributed by atoms with Crippen LogP contribution >= 0.6 is 0 Å². The van der Waals surface area contributed by atoms with Gasteiger partial charge in [-0.05, 0) is 18.4 Å². The van der Waals surface area contributed by atoms with Gasteiger partial charge >= 0.3 is 18.0 Å². The van der Waals surface area contributed by atoms with Crippen molar-refractivity contribution < 1.29 is 29.0 Å². The summed E-state index contributed by atoms with van der Waals surface area (Å²) in [6.45, 7) is 0.0968. The molecule has 7 heteroatoms. The highest BCUT2D eigenvalue weighted by molar-refractivity contribution is 5.81. The van der Waals surface area contributed by atoms with Gasteiger partial charge in [-0.15, -0.1) is 0 Å². The Morgan fingerprint density at radius 2 is 1.87 bits per heavy atom. The molecule has 1 aromatic rings. The highest BCUT2D eigenvalue weighted by Crippen LogP contribution is 2.07. The van der Waals surface area contributed by atoms with Crippen molar-refractivity contribution in [3.63, 3.8) is 0 Å². The van der Waals surface area contributed by atoms with Crippen LogP contribution in [-0.2, 0) is 25.7 Å². The van der Waals surface area contributed by atoms with E-state index in [1.54, 1.807) is 0 Å². The monoisotopic (exact) mass is 323 g/mol. The fourth-order valence-electron chi connectivity index (χ4n) is 1.92. The Morgan fingerprint density at radius 1 is 1.17 bits per heavy atom. The molecule has 0 radical (unpaired) electrons. The molecule has 0 aliphatic heterocycles. The molecule has 0 bridgehead atoms. The molecule has 1 unspecified atom stereocenters. The fraction of sp³-hybridized carbons (Fsp3) is 0.438. The first kappa shape index (κ1) is 18.5. The molecule has 0 fully saturated rings. The number of carboxylic acid groups (broad SMARTS) is 1. The Kier molecular flexibility index (Phi) is 8.20. The molecule has 0 heterocycles. The number of alkyl carbamates (subject to hydrolysis) is 1. The minimum absolute atomic E-state index is 0.0202. The van der Waals surface area contributed by atoms with Crippen molar-refractivity contribution in [1.29, 1.82) is 0 Å². The van der Waals surface area contributed by atoms with E-state index >= 15 is 0 Å². The van der Waals surface area contributed by atoms with Crippen LogP contribution in [0.4, 0.5) is 4.79 Å². The van der Waals surface area contributed by atoms with Crippen LogP contribution in [0.1, 0.15) is 31.2 Å². The van der Waals surface area contributed by atoms with Crippen molar-refractivity contribution in [2.45, 2.75) is 38.3 Å². The van der Waals surface area contributed by atoms with Gasteiger partial charge in [0.2, 0.25) is 0 Å². The maximum absolute atomic E-state index is 11.8. The van der Waals surface area contributed by atoms with Crippen molar-refractivity contribution in [1.82, 2.24) is 5.32 Å². The molecule has 1 aromatic carbocycles. The molecule has 23 heavy (non-hydrogen) atoms. The predicted octanol–water partition coefficient (Wildman–Crippen LogP) is 2.10. The summed E-state index contributed by atoms with van der Waals surface area (Å²) in [5, 5.41) is 11.0. The highest BCUT2D eigenvalue weighted by atomic mass is 16.6. The predicted molar refractivity (Wildman–Crippen MR) is 81.7 cm³/mol. The van der Waals surface area contributed by atoms with E-state index in [4.69, 9.17) is 9.84 Å². The second-order valence-electron chi connectivity index (χ2n) is 4.92. The van der Waals surface area contributed by atoms with Gasteiger partial charge in [0.25, 0.3) is 0 Å². The van der Waals surface area contributed by atoms with E-state index in [0.717, 1.165) is 5.56 Å². The Hall–Kier alpha value is -2.57. The summed E-state index contributed by atoms with van der Waals surface area (Å²) in [4.78, 5) is 33.8. The number of aliphatic carboxylic acids is 1. The number of hydrogen-bond acceptors (Lipinski definition) is 5. The number of methoxy groups -OCH3 is 1. The molecule has 0 saturated heterocycles. The third-order valence-corrected chi connectivity index (χ3v) is 3.12. The molecule has 1 amide bonds. The zero-order valence-corrected chi connectivity index (χ0v) is 13.0.